The summed E-state index contributed by atoms with van der Waals surface area (Å²) in [5.74, 6) is 1.50. The highest BCUT2D eigenvalue weighted by atomic mass is 16.5. The number of nitrogens with two attached hydrogens (primary N) is 1. The van der Waals surface area contributed by atoms with E-state index in [-0.39, 0.29) is 11.3 Å². The lowest BCUT2D eigenvalue weighted by Crippen LogP contribution is -2.37. The minimum atomic E-state index is -0.392. The van der Waals surface area contributed by atoms with Crippen molar-refractivity contribution < 1.29 is 18.7 Å². The summed E-state index contributed by atoms with van der Waals surface area (Å²) in [6, 6.07) is 5.28. The van der Waals surface area contributed by atoms with Gasteiger partial charge in [-0.05, 0) is 32.0 Å². The van der Waals surface area contributed by atoms with Gasteiger partial charge in [0.1, 0.15) is 17.7 Å². The van der Waals surface area contributed by atoms with Crippen molar-refractivity contribution in [3.63, 3.8) is 0 Å². The summed E-state index contributed by atoms with van der Waals surface area (Å²) in [5.41, 5.74) is 7.74. The predicted octanol–water partition coefficient (Wildman–Crippen LogP) is 2.52. The standard InChI is InChI=1S/C22H24N6O4/c1-22(2)11-14-9-15(18(27-21(14)32-22)28-5-7-30-8-6-28)25-19(29)16-12-31-20(26-16)13-3-4-24-17(23)10-13/h3-4,9-10,12H,5-8,11H2,1-2H3,(H2,23,24)(H,25,29). The lowest BCUT2D eigenvalue weighted by atomic mass is 10.0. The SMILES string of the molecule is CC1(C)Cc2cc(NC(=O)c3coc(-c4ccnc(N)c4)n3)c(N3CCOCC3)nc2O1. The van der Waals surface area contributed by atoms with Crippen LogP contribution < -0.4 is 20.7 Å². The molecule has 0 saturated carbocycles. The van der Waals surface area contributed by atoms with Crippen LogP contribution in [0.4, 0.5) is 17.3 Å². The van der Waals surface area contributed by atoms with E-state index in [9.17, 15) is 4.79 Å². The molecular formula is C22H24N6O4. The zero-order chi connectivity index (χ0) is 22.3. The Kier molecular flexibility index (Phi) is 4.93. The maximum absolute atomic E-state index is 13.0. The van der Waals surface area contributed by atoms with Crippen LogP contribution in [0, 0.1) is 0 Å². The Balaban J connectivity index is 1.44. The van der Waals surface area contributed by atoms with Crippen LogP contribution in [-0.2, 0) is 11.2 Å². The van der Waals surface area contributed by atoms with Gasteiger partial charge >= 0.3 is 0 Å². The van der Waals surface area contributed by atoms with E-state index in [2.05, 4.69) is 20.2 Å². The predicted molar refractivity (Wildman–Crippen MR) is 118 cm³/mol. The molecule has 0 bridgehead atoms. The van der Waals surface area contributed by atoms with Gasteiger partial charge in [0.25, 0.3) is 5.91 Å². The Bertz CT molecular complexity index is 1170. The van der Waals surface area contributed by atoms with Gasteiger partial charge in [-0.15, -0.1) is 0 Å². The molecule has 10 nitrogen and oxygen atoms in total. The third kappa shape index (κ3) is 3.96. The fourth-order valence-electron chi connectivity index (χ4n) is 3.89. The molecule has 0 radical (unpaired) electrons. The summed E-state index contributed by atoms with van der Waals surface area (Å²) in [5, 5.41) is 2.96. The number of morpholine rings is 1. The highest BCUT2D eigenvalue weighted by molar-refractivity contribution is 6.04. The van der Waals surface area contributed by atoms with Crippen LogP contribution >= 0.6 is 0 Å². The van der Waals surface area contributed by atoms with Crippen LogP contribution in [0.2, 0.25) is 0 Å². The second-order valence-corrected chi connectivity index (χ2v) is 8.42. The van der Waals surface area contributed by atoms with Crippen molar-refractivity contribution in [1.82, 2.24) is 15.0 Å². The first-order valence-electron chi connectivity index (χ1n) is 10.4. The number of oxazole rings is 1. The first-order chi connectivity index (χ1) is 15.4. The van der Waals surface area contributed by atoms with Gasteiger partial charge in [-0.3, -0.25) is 4.79 Å². The molecule has 1 amide bonds. The smallest absolute Gasteiger partial charge is 0.277 e. The summed E-state index contributed by atoms with van der Waals surface area (Å²) < 4.78 is 17.0. The highest BCUT2D eigenvalue weighted by Crippen LogP contribution is 2.39. The van der Waals surface area contributed by atoms with Gasteiger partial charge in [0.2, 0.25) is 11.8 Å². The first-order valence-corrected chi connectivity index (χ1v) is 10.4. The van der Waals surface area contributed by atoms with Gasteiger partial charge in [-0.25, -0.2) is 9.97 Å². The van der Waals surface area contributed by atoms with Crippen LogP contribution in [0.5, 0.6) is 5.88 Å². The number of carbonyl (C=O) groups excluding carboxylic acids is 1. The van der Waals surface area contributed by atoms with Gasteiger partial charge in [0.15, 0.2) is 11.5 Å². The second-order valence-electron chi connectivity index (χ2n) is 8.42. The van der Waals surface area contributed by atoms with E-state index < -0.39 is 5.91 Å². The fourth-order valence-corrected chi connectivity index (χ4v) is 3.89. The maximum Gasteiger partial charge on any atom is 0.277 e. The average molecular weight is 436 g/mol. The van der Waals surface area contributed by atoms with Crippen LogP contribution in [0.1, 0.15) is 29.9 Å². The van der Waals surface area contributed by atoms with Crippen molar-refractivity contribution in [2.45, 2.75) is 25.9 Å². The minimum Gasteiger partial charge on any atom is -0.471 e. The number of nitrogens with zero attached hydrogens (tertiary/aromatic N) is 4. The van der Waals surface area contributed by atoms with E-state index in [0.717, 1.165) is 5.56 Å². The number of ether oxygens (including phenoxy) is 2. The maximum atomic E-state index is 13.0. The first kappa shape index (κ1) is 20.3. The number of nitrogens with one attached hydrogen (secondary N) is 1. The summed E-state index contributed by atoms with van der Waals surface area (Å²) in [7, 11) is 0. The van der Waals surface area contributed by atoms with Crippen LogP contribution in [0.15, 0.2) is 35.1 Å². The lowest BCUT2D eigenvalue weighted by molar-refractivity contribution is 0.102. The zero-order valence-electron chi connectivity index (χ0n) is 17.9. The number of amides is 1. The van der Waals surface area contributed by atoms with E-state index in [4.69, 9.17) is 24.6 Å². The number of hydrogen-bond acceptors (Lipinski definition) is 9. The Morgan fingerprint density at radius 2 is 2.03 bits per heavy atom. The van der Waals surface area contributed by atoms with Crippen LogP contribution in [-0.4, -0.2) is 52.8 Å². The number of fused-ring (bicyclic) bond motifs is 1. The number of nitrogen functional groups attached to an aromatic ring is 1. The third-order valence-electron chi connectivity index (χ3n) is 5.35. The molecule has 3 N–H and O–H groups in total. The minimum absolute atomic E-state index is 0.153. The number of aromatic nitrogens is 3. The molecule has 32 heavy (non-hydrogen) atoms. The van der Waals surface area contributed by atoms with Crippen LogP contribution in [0.25, 0.3) is 11.5 Å². The van der Waals surface area contributed by atoms with E-state index >= 15 is 0 Å². The molecule has 3 aromatic rings. The second kappa shape index (κ2) is 7.79. The molecule has 0 spiro atoms. The molecule has 1 fully saturated rings. The molecule has 166 valence electrons. The largest absolute Gasteiger partial charge is 0.471 e. The summed E-state index contributed by atoms with van der Waals surface area (Å²) >= 11 is 0. The lowest BCUT2D eigenvalue weighted by Gasteiger charge is -2.29. The summed E-state index contributed by atoms with van der Waals surface area (Å²) in [6.07, 6.45) is 3.59. The number of pyridine rings is 2. The van der Waals surface area contributed by atoms with Gasteiger partial charge < -0.3 is 29.8 Å². The molecule has 5 heterocycles. The van der Waals surface area contributed by atoms with Crippen molar-refractivity contribution >= 4 is 23.2 Å². The molecule has 0 aliphatic carbocycles. The Hall–Kier alpha value is -3.66. The van der Waals surface area contributed by atoms with Crippen molar-refractivity contribution in [2.75, 3.05) is 42.3 Å². The molecule has 0 unspecified atom stereocenters. The van der Waals surface area contributed by atoms with E-state index in [1.165, 1.54) is 6.26 Å². The summed E-state index contributed by atoms with van der Waals surface area (Å²) in [4.78, 5) is 28.1. The normalized spacial score (nSPS) is 17.0. The zero-order valence-corrected chi connectivity index (χ0v) is 17.9. The van der Waals surface area contributed by atoms with Gasteiger partial charge in [-0.1, -0.05) is 0 Å². The molecule has 3 aromatic heterocycles. The van der Waals surface area contributed by atoms with Gasteiger partial charge in [-0.2, -0.15) is 4.98 Å². The van der Waals surface area contributed by atoms with Gasteiger partial charge in [0.05, 0.1) is 18.9 Å². The molecule has 10 heteroatoms. The van der Waals surface area contributed by atoms with Crippen LogP contribution in [0.3, 0.4) is 0 Å². The highest BCUT2D eigenvalue weighted by Gasteiger charge is 2.33. The quantitative estimate of drug-likeness (QED) is 0.634. The molecule has 0 atom stereocenters. The molecular weight excluding hydrogens is 412 g/mol. The van der Waals surface area contributed by atoms with E-state index in [1.54, 1.807) is 18.3 Å². The average Bonchev–Trinajstić information content (AvgIpc) is 3.37. The molecule has 5 rings (SSSR count). The molecule has 2 aliphatic rings. The van der Waals surface area contributed by atoms with Gasteiger partial charge in [0, 0.05) is 36.8 Å². The van der Waals surface area contributed by atoms with E-state index in [0.29, 0.717) is 67.4 Å². The van der Waals surface area contributed by atoms with E-state index in [1.807, 2.05) is 19.9 Å². The van der Waals surface area contributed by atoms with Crippen molar-refractivity contribution in [2.24, 2.45) is 0 Å². The topological polar surface area (TPSA) is 129 Å². The Labute approximate surface area is 184 Å². The number of rotatable bonds is 4. The van der Waals surface area contributed by atoms with Crippen molar-refractivity contribution in [3.05, 3.63) is 41.9 Å². The molecule has 1 saturated heterocycles. The number of anilines is 3. The third-order valence-corrected chi connectivity index (χ3v) is 5.35. The Morgan fingerprint density at radius 3 is 2.81 bits per heavy atom. The Morgan fingerprint density at radius 1 is 1.22 bits per heavy atom. The monoisotopic (exact) mass is 436 g/mol. The fraction of sp³-hybridized carbons (Fsp3) is 0.364. The van der Waals surface area contributed by atoms with Crippen molar-refractivity contribution in [3.8, 4) is 17.3 Å². The number of hydrogen-bond donors (Lipinski definition) is 2. The van der Waals surface area contributed by atoms with Crippen molar-refractivity contribution in [1.29, 1.82) is 0 Å². The number of carbonyl (C=O) groups is 1. The molecule has 0 aromatic carbocycles. The summed E-state index contributed by atoms with van der Waals surface area (Å²) in [6.45, 7) is 6.58. The molecule has 2 aliphatic heterocycles.